The maximum atomic E-state index is 9.95. The number of hydrogen-bond acceptors (Lipinski definition) is 4. The number of hydrogen-bond donors (Lipinski definition) is 2. The van der Waals surface area contributed by atoms with Crippen LogP contribution in [0.5, 0.6) is 0 Å². The molecule has 1 atom stereocenters. The van der Waals surface area contributed by atoms with E-state index in [1.165, 1.54) is 0 Å². The molecular weight excluding hydrogens is 232 g/mol. The Bertz CT molecular complexity index is 381. The lowest BCUT2D eigenvalue weighted by molar-refractivity contribution is 0.0846. The zero-order valence-electron chi connectivity index (χ0n) is 10.2. The van der Waals surface area contributed by atoms with Gasteiger partial charge in [-0.2, -0.15) is 17.0 Å². The predicted octanol–water partition coefficient (Wildman–Crippen LogP) is 1.76. The Morgan fingerprint density at radius 3 is 2.59 bits per heavy atom. The van der Waals surface area contributed by atoms with E-state index in [1.54, 1.807) is 23.9 Å². The van der Waals surface area contributed by atoms with Crippen molar-refractivity contribution in [2.75, 3.05) is 18.6 Å². The molecule has 0 amide bonds. The van der Waals surface area contributed by atoms with Gasteiger partial charge in [0.15, 0.2) is 0 Å². The first-order chi connectivity index (χ1) is 8.07. The van der Waals surface area contributed by atoms with Gasteiger partial charge in [-0.05, 0) is 30.9 Å². The summed E-state index contributed by atoms with van der Waals surface area (Å²) in [6.45, 7) is 3.10. The Labute approximate surface area is 107 Å². The van der Waals surface area contributed by atoms with Crippen LogP contribution in [0, 0.1) is 11.3 Å². The standard InChI is InChI=1S/C13H18N2OS/c1-13(16,10-17-2)9-15-8-12-5-3-11(7-14)4-6-12/h3-6,15-16H,8-10H2,1-2H3. The average molecular weight is 250 g/mol. The molecule has 17 heavy (non-hydrogen) atoms. The molecule has 1 aromatic rings. The highest BCUT2D eigenvalue weighted by molar-refractivity contribution is 7.98. The average Bonchev–Trinajstić information content (AvgIpc) is 2.29. The van der Waals surface area contributed by atoms with Gasteiger partial charge in [0.05, 0.1) is 17.2 Å². The van der Waals surface area contributed by atoms with E-state index in [4.69, 9.17) is 5.26 Å². The zero-order chi connectivity index (χ0) is 12.7. The molecule has 4 heteroatoms. The van der Waals surface area contributed by atoms with Gasteiger partial charge in [-0.1, -0.05) is 12.1 Å². The van der Waals surface area contributed by atoms with Crippen molar-refractivity contribution in [2.24, 2.45) is 0 Å². The normalized spacial score (nSPS) is 14.0. The summed E-state index contributed by atoms with van der Waals surface area (Å²) in [5, 5.41) is 21.8. The van der Waals surface area contributed by atoms with Gasteiger partial charge in [0, 0.05) is 18.8 Å². The second-order valence-electron chi connectivity index (χ2n) is 4.34. The minimum absolute atomic E-state index is 0.563. The van der Waals surface area contributed by atoms with Crippen molar-refractivity contribution in [1.82, 2.24) is 5.32 Å². The second-order valence-corrected chi connectivity index (χ2v) is 5.21. The van der Waals surface area contributed by atoms with Crippen LogP contribution in [0.3, 0.4) is 0 Å². The lowest BCUT2D eigenvalue weighted by Crippen LogP contribution is -2.39. The van der Waals surface area contributed by atoms with E-state index < -0.39 is 5.60 Å². The van der Waals surface area contributed by atoms with Gasteiger partial charge in [0.25, 0.3) is 0 Å². The second kappa shape index (κ2) is 6.65. The van der Waals surface area contributed by atoms with Crippen molar-refractivity contribution in [2.45, 2.75) is 19.1 Å². The van der Waals surface area contributed by atoms with E-state index in [2.05, 4.69) is 11.4 Å². The summed E-state index contributed by atoms with van der Waals surface area (Å²) in [5.74, 6) is 0.716. The molecule has 1 rings (SSSR count). The molecule has 0 bridgehead atoms. The quantitative estimate of drug-likeness (QED) is 0.808. The largest absolute Gasteiger partial charge is 0.388 e. The number of aliphatic hydroxyl groups is 1. The van der Waals surface area contributed by atoms with Crippen molar-refractivity contribution >= 4 is 11.8 Å². The van der Waals surface area contributed by atoms with Crippen molar-refractivity contribution in [3.8, 4) is 6.07 Å². The van der Waals surface area contributed by atoms with Gasteiger partial charge in [0.2, 0.25) is 0 Å². The SMILES string of the molecule is CSCC(C)(O)CNCc1ccc(C#N)cc1. The first-order valence-electron chi connectivity index (χ1n) is 5.48. The highest BCUT2D eigenvalue weighted by Crippen LogP contribution is 2.09. The topological polar surface area (TPSA) is 56.0 Å². The van der Waals surface area contributed by atoms with Crippen molar-refractivity contribution in [3.63, 3.8) is 0 Å². The predicted molar refractivity (Wildman–Crippen MR) is 71.9 cm³/mol. The Morgan fingerprint density at radius 2 is 2.06 bits per heavy atom. The fraction of sp³-hybridized carbons (Fsp3) is 0.462. The van der Waals surface area contributed by atoms with Crippen LogP contribution in [0.1, 0.15) is 18.1 Å². The number of nitriles is 1. The third-order valence-corrected chi connectivity index (χ3v) is 3.28. The van der Waals surface area contributed by atoms with Crippen LogP contribution in [0.4, 0.5) is 0 Å². The maximum absolute atomic E-state index is 9.95. The Kier molecular flexibility index (Phi) is 5.49. The van der Waals surface area contributed by atoms with Crippen molar-refractivity contribution in [1.29, 1.82) is 5.26 Å². The summed E-state index contributed by atoms with van der Waals surface area (Å²) in [4.78, 5) is 0. The van der Waals surface area contributed by atoms with Gasteiger partial charge in [0.1, 0.15) is 0 Å². The van der Waals surface area contributed by atoms with Gasteiger partial charge in [-0.15, -0.1) is 0 Å². The highest BCUT2D eigenvalue weighted by atomic mass is 32.2. The van der Waals surface area contributed by atoms with Gasteiger partial charge in [-0.3, -0.25) is 0 Å². The van der Waals surface area contributed by atoms with Crippen molar-refractivity contribution < 1.29 is 5.11 Å². The van der Waals surface area contributed by atoms with Crippen LogP contribution in [-0.2, 0) is 6.54 Å². The highest BCUT2D eigenvalue weighted by Gasteiger charge is 2.18. The summed E-state index contributed by atoms with van der Waals surface area (Å²) in [7, 11) is 0. The Balaban J connectivity index is 2.38. The first kappa shape index (κ1) is 14.0. The van der Waals surface area contributed by atoms with E-state index in [-0.39, 0.29) is 0 Å². The number of rotatable bonds is 6. The van der Waals surface area contributed by atoms with Crippen LogP contribution in [0.25, 0.3) is 0 Å². The van der Waals surface area contributed by atoms with E-state index >= 15 is 0 Å². The molecule has 0 aliphatic rings. The molecule has 0 saturated carbocycles. The summed E-state index contributed by atoms with van der Waals surface area (Å²) >= 11 is 1.63. The molecule has 2 N–H and O–H groups in total. The lowest BCUT2D eigenvalue weighted by Gasteiger charge is -2.22. The number of thioether (sulfide) groups is 1. The van der Waals surface area contributed by atoms with Gasteiger partial charge >= 0.3 is 0 Å². The minimum atomic E-state index is -0.675. The third kappa shape index (κ3) is 5.22. The molecule has 3 nitrogen and oxygen atoms in total. The lowest BCUT2D eigenvalue weighted by atomic mass is 10.1. The van der Waals surface area contributed by atoms with E-state index in [0.29, 0.717) is 24.4 Å². The molecule has 0 fully saturated rings. The molecule has 0 radical (unpaired) electrons. The molecule has 0 saturated heterocycles. The third-order valence-electron chi connectivity index (χ3n) is 2.37. The fourth-order valence-corrected chi connectivity index (χ4v) is 2.26. The van der Waals surface area contributed by atoms with Crippen LogP contribution < -0.4 is 5.32 Å². The van der Waals surface area contributed by atoms with E-state index in [1.807, 2.05) is 25.3 Å². The summed E-state index contributed by atoms with van der Waals surface area (Å²) in [6, 6.07) is 9.54. The molecule has 1 aromatic carbocycles. The molecular formula is C13H18N2OS. The van der Waals surface area contributed by atoms with Crippen LogP contribution in [-0.4, -0.2) is 29.3 Å². The summed E-state index contributed by atoms with van der Waals surface area (Å²) in [6.07, 6.45) is 1.98. The maximum Gasteiger partial charge on any atom is 0.0991 e. The first-order valence-corrected chi connectivity index (χ1v) is 6.88. The van der Waals surface area contributed by atoms with Crippen LogP contribution in [0.15, 0.2) is 24.3 Å². The van der Waals surface area contributed by atoms with Gasteiger partial charge < -0.3 is 10.4 Å². The fourth-order valence-electron chi connectivity index (χ4n) is 1.54. The smallest absolute Gasteiger partial charge is 0.0991 e. The summed E-state index contributed by atoms with van der Waals surface area (Å²) in [5.41, 5.74) is 1.11. The van der Waals surface area contributed by atoms with Crippen LogP contribution in [0.2, 0.25) is 0 Å². The number of nitrogens with one attached hydrogen (secondary N) is 1. The molecule has 92 valence electrons. The molecule has 0 aromatic heterocycles. The minimum Gasteiger partial charge on any atom is -0.388 e. The molecule has 0 aliphatic heterocycles. The van der Waals surface area contributed by atoms with Gasteiger partial charge in [-0.25, -0.2) is 0 Å². The zero-order valence-corrected chi connectivity index (χ0v) is 11.0. The Morgan fingerprint density at radius 1 is 1.41 bits per heavy atom. The molecule has 1 unspecified atom stereocenters. The molecule has 0 spiro atoms. The summed E-state index contributed by atoms with van der Waals surface area (Å²) < 4.78 is 0. The van der Waals surface area contributed by atoms with Crippen molar-refractivity contribution in [3.05, 3.63) is 35.4 Å². The number of nitrogens with zero attached hydrogens (tertiary/aromatic N) is 1. The molecule has 0 heterocycles. The molecule has 0 aliphatic carbocycles. The van der Waals surface area contributed by atoms with E-state index in [9.17, 15) is 5.11 Å². The number of benzene rings is 1. The Hall–Kier alpha value is -1.02. The monoisotopic (exact) mass is 250 g/mol. The van der Waals surface area contributed by atoms with Crippen LogP contribution >= 0.6 is 11.8 Å². The van der Waals surface area contributed by atoms with E-state index in [0.717, 1.165) is 5.56 Å².